The predicted molar refractivity (Wildman–Crippen MR) is 79.5 cm³/mol. The largest absolute Gasteiger partial charge is 0.354 e. The summed E-state index contributed by atoms with van der Waals surface area (Å²) in [5.41, 5.74) is 5.32. The zero-order valence-electron chi connectivity index (χ0n) is 12.0. The van der Waals surface area contributed by atoms with Crippen molar-refractivity contribution in [3.05, 3.63) is 27.8 Å². The molecule has 0 unspecified atom stereocenters. The van der Waals surface area contributed by atoms with Crippen LogP contribution in [-0.2, 0) is 20.1 Å². The Hall–Kier alpha value is -1.40. The van der Waals surface area contributed by atoms with E-state index in [4.69, 9.17) is 0 Å². The lowest BCUT2D eigenvalue weighted by molar-refractivity contribution is 0.707. The molecule has 0 aliphatic rings. The van der Waals surface area contributed by atoms with Gasteiger partial charge in [-0.05, 0) is 13.5 Å². The highest BCUT2D eigenvalue weighted by atomic mass is 32.1. The second kappa shape index (κ2) is 6.16. The maximum Gasteiger partial charge on any atom is 0.131 e. The van der Waals surface area contributed by atoms with Gasteiger partial charge in [0.05, 0.1) is 23.4 Å². The van der Waals surface area contributed by atoms with Crippen LogP contribution in [0.2, 0.25) is 0 Å². The molecule has 0 aliphatic heterocycles. The first-order valence-electron chi connectivity index (χ1n) is 6.44. The normalized spacial score (nSPS) is 10.9. The lowest BCUT2D eigenvalue weighted by Gasteiger charge is -2.20. The fourth-order valence-electron chi connectivity index (χ4n) is 2.26. The number of anilines is 1. The van der Waals surface area contributed by atoms with Gasteiger partial charge < -0.3 is 10.2 Å². The number of hydrogen-bond donors (Lipinski definition) is 1. The molecule has 0 amide bonds. The van der Waals surface area contributed by atoms with Gasteiger partial charge in [-0.1, -0.05) is 6.92 Å². The number of nitrogens with zero attached hydrogens (tertiary/aromatic N) is 4. The van der Waals surface area contributed by atoms with Gasteiger partial charge in [0, 0.05) is 31.6 Å². The third-order valence-electron chi connectivity index (χ3n) is 3.11. The standard InChI is InChI=1S/C13H21N5S/c1-5-14-6-12-10(2)16-18(4)13(12)17(3)7-11-8-19-9-15-11/h8-9,14H,5-7H2,1-4H3. The van der Waals surface area contributed by atoms with Gasteiger partial charge in [0.15, 0.2) is 0 Å². The van der Waals surface area contributed by atoms with Crippen molar-refractivity contribution in [2.45, 2.75) is 26.9 Å². The summed E-state index contributed by atoms with van der Waals surface area (Å²) in [7, 11) is 4.08. The highest BCUT2D eigenvalue weighted by Crippen LogP contribution is 2.23. The van der Waals surface area contributed by atoms with Crippen LogP contribution in [0.25, 0.3) is 0 Å². The fourth-order valence-corrected chi connectivity index (χ4v) is 2.81. The molecule has 0 bridgehead atoms. The maximum absolute atomic E-state index is 4.53. The Balaban J connectivity index is 2.22. The molecule has 19 heavy (non-hydrogen) atoms. The highest BCUT2D eigenvalue weighted by Gasteiger charge is 2.17. The second-order valence-electron chi connectivity index (χ2n) is 4.63. The Kier molecular flexibility index (Phi) is 4.55. The molecule has 0 saturated heterocycles. The minimum absolute atomic E-state index is 0.807. The van der Waals surface area contributed by atoms with Crippen LogP contribution < -0.4 is 10.2 Å². The lowest BCUT2D eigenvalue weighted by atomic mass is 10.2. The Morgan fingerprint density at radius 2 is 2.26 bits per heavy atom. The van der Waals surface area contributed by atoms with E-state index in [1.54, 1.807) is 11.3 Å². The van der Waals surface area contributed by atoms with Gasteiger partial charge in [0.1, 0.15) is 5.82 Å². The molecule has 0 saturated carbocycles. The molecule has 2 rings (SSSR count). The first-order valence-corrected chi connectivity index (χ1v) is 7.39. The number of hydrogen-bond acceptors (Lipinski definition) is 5. The van der Waals surface area contributed by atoms with Crippen LogP contribution in [0.1, 0.15) is 23.9 Å². The SMILES string of the molecule is CCNCc1c(C)nn(C)c1N(C)Cc1cscn1. The fraction of sp³-hybridized carbons (Fsp3) is 0.538. The van der Waals surface area contributed by atoms with Gasteiger partial charge >= 0.3 is 0 Å². The lowest BCUT2D eigenvalue weighted by Crippen LogP contribution is -2.22. The van der Waals surface area contributed by atoms with Crippen LogP contribution in [-0.4, -0.2) is 28.4 Å². The number of aromatic nitrogens is 3. The molecule has 1 N–H and O–H groups in total. The number of rotatable bonds is 6. The van der Waals surface area contributed by atoms with Crippen LogP contribution in [0.15, 0.2) is 10.9 Å². The summed E-state index contributed by atoms with van der Waals surface area (Å²) in [5.74, 6) is 1.16. The van der Waals surface area contributed by atoms with Gasteiger partial charge in [0.2, 0.25) is 0 Å². The van der Waals surface area contributed by atoms with Crippen molar-refractivity contribution in [1.29, 1.82) is 0 Å². The molecule has 0 aliphatic carbocycles. The molecular weight excluding hydrogens is 258 g/mol. The Labute approximate surface area is 118 Å². The molecule has 0 atom stereocenters. The number of nitrogens with one attached hydrogen (secondary N) is 1. The number of aryl methyl sites for hydroxylation is 2. The van der Waals surface area contributed by atoms with Crippen molar-refractivity contribution in [3.8, 4) is 0 Å². The van der Waals surface area contributed by atoms with E-state index in [0.29, 0.717) is 0 Å². The first-order chi connectivity index (χ1) is 9.13. The molecule has 104 valence electrons. The average Bonchev–Trinajstić information content (AvgIpc) is 2.94. The molecule has 6 heteroatoms. The predicted octanol–water partition coefficient (Wildman–Crippen LogP) is 1.93. The number of thiazole rings is 1. The summed E-state index contributed by atoms with van der Waals surface area (Å²) in [6.45, 7) is 6.80. The van der Waals surface area contributed by atoms with Crippen LogP contribution in [0.3, 0.4) is 0 Å². The molecule has 0 aromatic carbocycles. The van der Waals surface area contributed by atoms with Gasteiger partial charge in [-0.25, -0.2) is 4.98 Å². The van der Waals surface area contributed by atoms with Gasteiger partial charge in [-0.2, -0.15) is 5.10 Å². The van der Waals surface area contributed by atoms with Crippen molar-refractivity contribution in [2.24, 2.45) is 7.05 Å². The molecule has 2 aromatic heterocycles. The molecule has 2 aromatic rings. The van der Waals surface area contributed by atoms with E-state index >= 15 is 0 Å². The van der Waals surface area contributed by atoms with Gasteiger partial charge in [-0.15, -0.1) is 11.3 Å². The maximum atomic E-state index is 4.53. The molecule has 5 nitrogen and oxygen atoms in total. The molecule has 0 spiro atoms. The van der Waals surface area contributed by atoms with E-state index in [-0.39, 0.29) is 0 Å². The summed E-state index contributed by atoms with van der Waals surface area (Å²) in [6, 6.07) is 0. The molecule has 2 heterocycles. The third-order valence-corrected chi connectivity index (χ3v) is 3.74. The van der Waals surface area contributed by atoms with E-state index in [1.165, 1.54) is 5.56 Å². The first kappa shape index (κ1) is 14.0. The van der Waals surface area contributed by atoms with Crippen LogP contribution in [0.4, 0.5) is 5.82 Å². The van der Waals surface area contributed by atoms with Crippen LogP contribution >= 0.6 is 11.3 Å². The summed E-state index contributed by atoms with van der Waals surface area (Å²) < 4.78 is 1.95. The quantitative estimate of drug-likeness (QED) is 0.877. The smallest absolute Gasteiger partial charge is 0.131 e. The van der Waals surface area contributed by atoms with Crippen LogP contribution in [0.5, 0.6) is 0 Å². The van der Waals surface area contributed by atoms with Crippen molar-refractivity contribution >= 4 is 17.2 Å². The minimum atomic E-state index is 0.807. The van der Waals surface area contributed by atoms with Gasteiger partial charge in [-0.3, -0.25) is 4.68 Å². The minimum Gasteiger partial charge on any atom is -0.354 e. The average molecular weight is 279 g/mol. The highest BCUT2D eigenvalue weighted by molar-refractivity contribution is 7.07. The van der Waals surface area contributed by atoms with Gasteiger partial charge in [0.25, 0.3) is 0 Å². The molecular formula is C13H21N5S. The summed E-state index contributed by atoms with van der Waals surface area (Å²) in [4.78, 5) is 6.55. The summed E-state index contributed by atoms with van der Waals surface area (Å²) in [5, 5.41) is 10.00. The zero-order chi connectivity index (χ0) is 13.8. The topological polar surface area (TPSA) is 46.0 Å². The van der Waals surface area contributed by atoms with E-state index in [9.17, 15) is 0 Å². The van der Waals surface area contributed by atoms with E-state index in [0.717, 1.165) is 36.8 Å². The summed E-state index contributed by atoms with van der Waals surface area (Å²) >= 11 is 1.63. The Morgan fingerprint density at radius 1 is 1.47 bits per heavy atom. The summed E-state index contributed by atoms with van der Waals surface area (Å²) in [6.07, 6.45) is 0. The monoisotopic (exact) mass is 279 g/mol. The van der Waals surface area contributed by atoms with E-state index < -0.39 is 0 Å². The molecule has 0 radical (unpaired) electrons. The molecule has 0 fully saturated rings. The Morgan fingerprint density at radius 3 is 2.89 bits per heavy atom. The van der Waals surface area contributed by atoms with E-state index in [1.807, 2.05) is 17.2 Å². The Bertz CT molecular complexity index is 517. The van der Waals surface area contributed by atoms with Crippen molar-refractivity contribution < 1.29 is 0 Å². The van der Waals surface area contributed by atoms with Crippen LogP contribution in [0, 0.1) is 6.92 Å². The third kappa shape index (κ3) is 3.13. The van der Waals surface area contributed by atoms with E-state index in [2.05, 4.69) is 46.6 Å². The van der Waals surface area contributed by atoms with Crippen molar-refractivity contribution in [3.63, 3.8) is 0 Å². The van der Waals surface area contributed by atoms with Crippen molar-refractivity contribution in [1.82, 2.24) is 20.1 Å². The van der Waals surface area contributed by atoms with Crippen molar-refractivity contribution in [2.75, 3.05) is 18.5 Å². The second-order valence-corrected chi connectivity index (χ2v) is 5.35. The zero-order valence-corrected chi connectivity index (χ0v) is 12.8.